The van der Waals surface area contributed by atoms with E-state index in [9.17, 15) is 9.18 Å². The van der Waals surface area contributed by atoms with Crippen LogP contribution in [0.25, 0.3) is 0 Å². The Morgan fingerprint density at radius 1 is 1.35 bits per heavy atom. The highest BCUT2D eigenvalue weighted by Gasteiger charge is 2.34. The number of benzene rings is 1. The van der Waals surface area contributed by atoms with Crippen molar-refractivity contribution in [3.8, 4) is 6.07 Å². The van der Waals surface area contributed by atoms with Crippen LogP contribution in [-0.2, 0) is 4.79 Å². The molecular formula is C11H8FN3OS. The van der Waals surface area contributed by atoms with E-state index in [0.29, 0.717) is 5.56 Å². The molecule has 1 aromatic rings. The number of nitrogens with zero attached hydrogens (tertiary/aromatic N) is 1. The van der Waals surface area contributed by atoms with Gasteiger partial charge in [0.05, 0.1) is 12.1 Å². The van der Waals surface area contributed by atoms with Crippen molar-refractivity contribution in [2.45, 2.75) is 6.04 Å². The molecule has 1 aliphatic heterocycles. The molecule has 0 saturated carbocycles. The summed E-state index contributed by atoms with van der Waals surface area (Å²) in [5.74, 6) is -1.69. The summed E-state index contributed by atoms with van der Waals surface area (Å²) in [6, 6.07) is 6.98. The molecule has 2 atom stereocenters. The molecule has 0 bridgehead atoms. The number of halogens is 1. The SMILES string of the molecule is N#CC1C(=O)NC(=S)NC1c1ccc(F)cc1. The standard InChI is InChI=1S/C11H8FN3OS/c12-7-3-1-6(2-4-7)9-8(5-13)10(16)15-11(17)14-9/h1-4,8-9H,(H2,14,15,16,17). The fourth-order valence-electron chi connectivity index (χ4n) is 1.68. The maximum absolute atomic E-state index is 12.8. The van der Waals surface area contributed by atoms with Gasteiger partial charge in [-0.2, -0.15) is 5.26 Å². The largest absolute Gasteiger partial charge is 0.354 e. The van der Waals surface area contributed by atoms with Crippen LogP contribution in [0.3, 0.4) is 0 Å². The van der Waals surface area contributed by atoms with E-state index in [1.54, 1.807) is 0 Å². The number of carbonyl (C=O) groups excluding carboxylic acids is 1. The van der Waals surface area contributed by atoms with Crippen LogP contribution in [0.1, 0.15) is 11.6 Å². The highest BCUT2D eigenvalue weighted by molar-refractivity contribution is 7.80. The fraction of sp³-hybridized carbons (Fsp3) is 0.182. The summed E-state index contributed by atoms with van der Waals surface area (Å²) in [6.07, 6.45) is 0. The molecule has 0 aliphatic carbocycles. The quantitative estimate of drug-likeness (QED) is 0.729. The van der Waals surface area contributed by atoms with Gasteiger partial charge in [0, 0.05) is 0 Å². The molecule has 2 N–H and O–H groups in total. The molecule has 1 saturated heterocycles. The number of amides is 1. The molecule has 6 heteroatoms. The highest BCUT2D eigenvalue weighted by atomic mass is 32.1. The van der Waals surface area contributed by atoms with Crippen molar-refractivity contribution in [1.29, 1.82) is 5.26 Å². The normalized spacial score (nSPS) is 23.5. The second-order valence-electron chi connectivity index (χ2n) is 3.60. The Morgan fingerprint density at radius 2 is 2.00 bits per heavy atom. The van der Waals surface area contributed by atoms with E-state index >= 15 is 0 Å². The van der Waals surface area contributed by atoms with Crippen molar-refractivity contribution in [1.82, 2.24) is 10.6 Å². The number of nitrogens with one attached hydrogen (secondary N) is 2. The third-order valence-electron chi connectivity index (χ3n) is 2.51. The zero-order valence-electron chi connectivity index (χ0n) is 8.61. The van der Waals surface area contributed by atoms with Gasteiger partial charge in [-0.3, -0.25) is 4.79 Å². The summed E-state index contributed by atoms with van der Waals surface area (Å²) < 4.78 is 12.8. The summed E-state index contributed by atoms with van der Waals surface area (Å²) >= 11 is 4.86. The molecular weight excluding hydrogens is 241 g/mol. The molecule has 1 fully saturated rings. The summed E-state index contributed by atoms with van der Waals surface area (Å²) in [4.78, 5) is 11.6. The lowest BCUT2D eigenvalue weighted by Gasteiger charge is -2.29. The molecule has 17 heavy (non-hydrogen) atoms. The lowest BCUT2D eigenvalue weighted by Crippen LogP contribution is -2.53. The minimum atomic E-state index is -0.882. The van der Waals surface area contributed by atoms with E-state index in [2.05, 4.69) is 10.6 Å². The molecule has 4 nitrogen and oxygen atoms in total. The summed E-state index contributed by atoms with van der Waals surface area (Å²) in [5.41, 5.74) is 0.648. The van der Waals surface area contributed by atoms with Gasteiger partial charge >= 0.3 is 0 Å². The topological polar surface area (TPSA) is 64.9 Å². The van der Waals surface area contributed by atoms with Crippen molar-refractivity contribution in [2.24, 2.45) is 5.92 Å². The van der Waals surface area contributed by atoms with Crippen LogP contribution in [0.4, 0.5) is 4.39 Å². The first kappa shape index (κ1) is 11.5. The van der Waals surface area contributed by atoms with Crippen molar-refractivity contribution in [2.75, 3.05) is 0 Å². The Labute approximate surface area is 102 Å². The van der Waals surface area contributed by atoms with Gasteiger partial charge in [0.2, 0.25) is 5.91 Å². The van der Waals surface area contributed by atoms with Gasteiger partial charge in [0.25, 0.3) is 0 Å². The smallest absolute Gasteiger partial charge is 0.245 e. The third kappa shape index (κ3) is 2.24. The van der Waals surface area contributed by atoms with Crippen LogP contribution in [0.2, 0.25) is 0 Å². The van der Waals surface area contributed by atoms with Crippen molar-refractivity contribution < 1.29 is 9.18 Å². The van der Waals surface area contributed by atoms with Crippen LogP contribution >= 0.6 is 12.2 Å². The van der Waals surface area contributed by atoms with Crippen LogP contribution in [0.5, 0.6) is 0 Å². The number of hydrogen-bond acceptors (Lipinski definition) is 3. The Kier molecular flexibility index (Phi) is 3.02. The Hall–Kier alpha value is -2.00. The predicted molar refractivity (Wildman–Crippen MR) is 62.1 cm³/mol. The van der Waals surface area contributed by atoms with Crippen molar-refractivity contribution >= 4 is 23.2 Å². The third-order valence-corrected chi connectivity index (χ3v) is 2.73. The maximum atomic E-state index is 12.8. The Bertz CT molecular complexity index is 508. The molecule has 2 rings (SSSR count). The van der Waals surface area contributed by atoms with Crippen molar-refractivity contribution in [3.05, 3.63) is 35.6 Å². The number of rotatable bonds is 1. The monoisotopic (exact) mass is 249 g/mol. The molecule has 1 aromatic carbocycles. The lowest BCUT2D eigenvalue weighted by atomic mass is 9.92. The van der Waals surface area contributed by atoms with E-state index in [1.807, 2.05) is 6.07 Å². The molecule has 0 spiro atoms. The number of hydrogen-bond donors (Lipinski definition) is 2. The van der Waals surface area contributed by atoms with Gasteiger partial charge in [-0.1, -0.05) is 12.1 Å². The zero-order chi connectivity index (χ0) is 12.4. The predicted octanol–water partition coefficient (Wildman–Crippen LogP) is 1.01. The Morgan fingerprint density at radius 3 is 2.59 bits per heavy atom. The van der Waals surface area contributed by atoms with E-state index in [-0.39, 0.29) is 10.9 Å². The Balaban J connectivity index is 2.34. The minimum absolute atomic E-state index is 0.177. The second-order valence-corrected chi connectivity index (χ2v) is 4.01. The van der Waals surface area contributed by atoms with Gasteiger partial charge in [0.15, 0.2) is 5.11 Å². The van der Waals surface area contributed by atoms with E-state index in [0.717, 1.165) is 0 Å². The molecule has 0 radical (unpaired) electrons. The number of thiocarbonyl (C=S) groups is 1. The van der Waals surface area contributed by atoms with Crippen LogP contribution < -0.4 is 10.6 Å². The molecule has 2 unspecified atom stereocenters. The highest BCUT2D eigenvalue weighted by Crippen LogP contribution is 2.24. The first-order chi connectivity index (χ1) is 8.11. The van der Waals surface area contributed by atoms with Gasteiger partial charge in [0.1, 0.15) is 11.7 Å². The first-order valence-corrected chi connectivity index (χ1v) is 5.29. The molecule has 1 heterocycles. The number of carbonyl (C=O) groups is 1. The summed E-state index contributed by atoms with van der Waals surface area (Å²) in [5, 5.41) is 14.4. The maximum Gasteiger partial charge on any atom is 0.245 e. The lowest BCUT2D eigenvalue weighted by molar-refractivity contribution is -0.123. The second kappa shape index (κ2) is 4.47. The summed E-state index contributed by atoms with van der Waals surface area (Å²) in [6.45, 7) is 0. The summed E-state index contributed by atoms with van der Waals surface area (Å²) in [7, 11) is 0. The molecule has 1 aliphatic rings. The average molecular weight is 249 g/mol. The van der Waals surface area contributed by atoms with Crippen LogP contribution in [-0.4, -0.2) is 11.0 Å². The molecule has 0 aromatic heterocycles. The molecule has 86 valence electrons. The minimum Gasteiger partial charge on any atom is -0.354 e. The van der Waals surface area contributed by atoms with Gasteiger partial charge in [-0.15, -0.1) is 0 Å². The van der Waals surface area contributed by atoms with Crippen LogP contribution in [0.15, 0.2) is 24.3 Å². The number of nitriles is 1. The molecule has 1 amide bonds. The fourth-order valence-corrected chi connectivity index (χ4v) is 1.91. The first-order valence-electron chi connectivity index (χ1n) is 4.88. The van der Waals surface area contributed by atoms with Crippen LogP contribution in [0, 0.1) is 23.1 Å². The van der Waals surface area contributed by atoms with Gasteiger partial charge < -0.3 is 10.6 Å². The van der Waals surface area contributed by atoms with E-state index in [1.165, 1.54) is 24.3 Å². The van der Waals surface area contributed by atoms with Crippen molar-refractivity contribution in [3.63, 3.8) is 0 Å². The van der Waals surface area contributed by atoms with Gasteiger partial charge in [-0.25, -0.2) is 4.39 Å². The van der Waals surface area contributed by atoms with E-state index in [4.69, 9.17) is 17.5 Å². The van der Waals surface area contributed by atoms with Gasteiger partial charge in [-0.05, 0) is 29.9 Å². The average Bonchev–Trinajstić information content (AvgIpc) is 2.29. The van der Waals surface area contributed by atoms with E-state index < -0.39 is 17.9 Å². The zero-order valence-corrected chi connectivity index (χ0v) is 9.42.